The van der Waals surface area contributed by atoms with Crippen molar-refractivity contribution in [2.45, 2.75) is 45.9 Å². The fraction of sp³-hybridized carbons (Fsp3) is 0.714. The molecule has 104 valence electrons. The number of methoxy groups -OCH3 is 1. The van der Waals surface area contributed by atoms with E-state index in [1.807, 2.05) is 6.07 Å². The molecular weight excluding hydrogens is 230 g/mol. The predicted octanol–water partition coefficient (Wildman–Crippen LogP) is 2.72. The Kier molecular flexibility index (Phi) is 6.39. The topological polar surface area (TPSA) is 43.6 Å². The fourth-order valence-electron chi connectivity index (χ4n) is 1.48. The van der Waals surface area contributed by atoms with E-state index in [9.17, 15) is 0 Å². The molecule has 0 amide bonds. The van der Waals surface area contributed by atoms with Crippen molar-refractivity contribution in [2.75, 3.05) is 20.3 Å². The van der Waals surface area contributed by atoms with Gasteiger partial charge in [0.2, 0.25) is 0 Å². The van der Waals surface area contributed by atoms with E-state index in [1.54, 1.807) is 13.4 Å². The van der Waals surface area contributed by atoms with Crippen LogP contribution in [-0.2, 0) is 22.6 Å². The van der Waals surface area contributed by atoms with Crippen molar-refractivity contribution in [2.24, 2.45) is 0 Å². The highest BCUT2D eigenvalue weighted by atomic mass is 16.5. The first-order chi connectivity index (χ1) is 8.53. The third-order valence-corrected chi connectivity index (χ3v) is 2.51. The Morgan fingerprint density at radius 3 is 2.72 bits per heavy atom. The third kappa shape index (κ3) is 6.19. The summed E-state index contributed by atoms with van der Waals surface area (Å²) in [5.74, 6) is 0.955. The van der Waals surface area contributed by atoms with Gasteiger partial charge in [-0.3, -0.25) is 0 Å². The maximum Gasteiger partial charge on any atom is 0.123 e. The first kappa shape index (κ1) is 15.2. The van der Waals surface area contributed by atoms with Crippen molar-refractivity contribution in [3.05, 3.63) is 23.7 Å². The van der Waals surface area contributed by atoms with Crippen LogP contribution in [0.3, 0.4) is 0 Å². The van der Waals surface area contributed by atoms with Crippen molar-refractivity contribution in [1.82, 2.24) is 5.32 Å². The van der Waals surface area contributed by atoms with Crippen LogP contribution in [0.2, 0.25) is 0 Å². The highest BCUT2D eigenvalue weighted by Gasteiger charge is 2.12. The van der Waals surface area contributed by atoms with E-state index in [0.29, 0.717) is 13.2 Å². The number of rotatable bonds is 8. The second kappa shape index (κ2) is 7.56. The molecular formula is C14H25NO3. The van der Waals surface area contributed by atoms with Gasteiger partial charge in [0.25, 0.3) is 0 Å². The molecule has 0 aliphatic heterocycles. The molecule has 0 aromatic carbocycles. The molecule has 1 aromatic rings. The molecule has 0 aliphatic rings. The number of hydrogen-bond donors (Lipinski definition) is 1. The minimum atomic E-state index is 0.0867. The van der Waals surface area contributed by atoms with Gasteiger partial charge in [0.1, 0.15) is 5.76 Å². The van der Waals surface area contributed by atoms with Crippen LogP contribution in [0.15, 0.2) is 16.7 Å². The van der Waals surface area contributed by atoms with Gasteiger partial charge in [0, 0.05) is 31.4 Å². The molecule has 0 bridgehead atoms. The molecule has 0 spiro atoms. The lowest BCUT2D eigenvalue weighted by Crippen LogP contribution is -2.35. The Bertz CT molecular complexity index is 328. The van der Waals surface area contributed by atoms with Crippen LogP contribution in [0, 0.1) is 0 Å². The molecule has 4 nitrogen and oxygen atoms in total. The molecule has 0 aliphatic carbocycles. The average molecular weight is 255 g/mol. The van der Waals surface area contributed by atoms with Crippen LogP contribution in [-0.4, -0.2) is 25.9 Å². The van der Waals surface area contributed by atoms with Crippen LogP contribution in [0.25, 0.3) is 0 Å². The van der Waals surface area contributed by atoms with Crippen molar-refractivity contribution >= 4 is 0 Å². The Hall–Kier alpha value is -0.840. The SMILES string of the molecule is COCCCOCc1ccoc1CNC(C)(C)C. The number of hydrogen-bond acceptors (Lipinski definition) is 4. The van der Waals surface area contributed by atoms with Crippen molar-refractivity contribution in [1.29, 1.82) is 0 Å². The molecule has 1 N–H and O–H groups in total. The quantitative estimate of drug-likeness (QED) is 0.725. The predicted molar refractivity (Wildman–Crippen MR) is 71.4 cm³/mol. The Balaban J connectivity index is 2.31. The number of nitrogens with one attached hydrogen (secondary N) is 1. The summed E-state index contributed by atoms with van der Waals surface area (Å²) in [5, 5.41) is 3.41. The molecule has 1 rings (SSSR count). The van der Waals surface area contributed by atoms with E-state index >= 15 is 0 Å². The molecule has 0 radical (unpaired) electrons. The summed E-state index contributed by atoms with van der Waals surface area (Å²) in [6.45, 7) is 9.19. The van der Waals surface area contributed by atoms with Crippen LogP contribution in [0.1, 0.15) is 38.5 Å². The smallest absolute Gasteiger partial charge is 0.123 e. The van der Waals surface area contributed by atoms with E-state index in [4.69, 9.17) is 13.9 Å². The molecule has 1 heterocycles. The van der Waals surface area contributed by atoms with Crippen LogP contribution < -0.4 is 5.32 Å². The third-order valence-electron chi connectivity index (χ3n) is 2.51. The minimum absolute atomic E-state index is 0.0867. The van der Waals surface area contributed by atoms with Gasteiger partial charge < -0.3 is 19.2 Å². The Morgan fingerprint density at radius 2 is 2.06 bits per heavy atom. The highest BCUT2D eigenvalue weighted by molar-refractivity contribution is 5.16. The molecule has 4 heteroatoms. The summed E-state index contributed by atoms with van der Waals surface area (Å²) >= 11 is 0. The Labute approximate surface area is 110 Å². The van der Waals surface area contributed by atoms with Gasteiger partial charge >= 0.3 is 0 Å². The van der Waals surface area contributed by atoms with Crippen LogP contribution in [0.5, 0.6) is 0 Å². The standard InChI is InChI=1S/C14H25NO3/c1-14(2,3)15-10-13-12(6-9-18-13)11-17-8-5-7-16-4/h6,9,15H,5,7-8,10-11H2,1-4H3. The molecule has 0 saturated carbocycles. The Morgan fingerprint density at radius 1 is 1.28 bits per heavy atom. The number of furan rings is 1. The van der Waals surface area contributed by atoms with Gasteiger partial charge in [0.05, 0.1) is 19.4 Å². The monoisotopic (exact) mass is 255 g/mol. The molecule has 18 heavy (non-hydrogen) atoms. The summed E-state index contributed by atoms with van der Waals surface area (Å²) in [6.07, 6.45) is 2.64. The van der Waals surface area contributed by atoms with Gasteiger partial charge in [-0.1, -0.05) is 0 Å². The van der Waals surface area contributed by atoms with Gasteiger partial charge in [-0.15, -0.1) is 0 Å². The average Bonchev–Trinajstić information content (AvgIpc) is 2.73. The molecule has 0 unspecified atom stereocenters. The number of ether oxygens (including phenoxy) is 2. The van der Waals surface area contributed by atoms with Crippen molar-refractivity contribution in [3.8, 4) is 0 Å². The summed E-state index contributed by atoms with van der Waals surface area (Å²) in [7, 11) is 1.70. The zero-order valence-electron chi connectivity index (χ0n) is 11.9. The summed E-state index contributed by atoms with van der Waals surface area (Å²) < 4.78 is 16.0. The maximum absolute atomic E-state index is 5.58. The van der Waals surface area contributed by atoms with Crippen molar-refractivity contribution in [3.63, 3.8) is 0 Å². The van der Waals surface area contributed by atoms with Gasteiger partial charge in [-0.2, -0.15) is 0 Å². The second-order valence-corrected chi connectivity index (χ2v) is 5.37. The normalized spacial score (nSPS) is 12.0. The lowest BCUT2D eigenvalue weighted by atomic mass is 10.1. The fourth-order valence-corrected chi connectivity index (χ4v) is 1.48. The maximum atomic E-state index is 5.58. The van der Waals surface area contributed by atoms with Crippen LogP contribution >= 0.6 is 0 Å². The summed E-state index contributed by atoms with van der Waals surface area (Å²) in [4.78, 5) is 0. The second-order valence-electron chi connectivity index (χ2n) is 5.37. The van der Waals surface area contributed by atoms with Crippen LogP contribution in [0.4, 0.5) is 0 Å². The highest BCUT2D eigenvalue weighted by Crippen LogP contribution is 2.13. The van der Waals surface area contributed by atoms with Gasteiger partial charge in [0.15, 0.2) is 0 Å². The molecule has 0 atom stereocenters. The molecule has 1 aromatic heterocycles. The lowest BCUT2D eigenvalue weighted by molar-refractivity contribution is 0.0919. The van der Waals surface area contributed by atoms with Gasteiger partial charge in [-0.25, -0.2) is 0 Å². The first-order valence-corrected chi connectivity index (χ1v) is 6.40. The zero-order chi connectivity index (χ0) is 13.4. The van der Waals surface area contributed by atoms with E-state index < -0.39 is 0 Å². The van der Waals surface area contributed by atoms with E-state index in [1.165, 1.54) is 0 Å². The lowest BCUT2D eigenvalue weighted by Gasteiger charge is -2.20. The largest absolute Gasteiger partial charge is 0.468 e. The molecule has 0 fully saturated rings. The summed E-state index contributed by atoms with van der Waals surface area (Å²) in [6, 6.07) is 1.97. The summed E-state index contributed by atoms with van der Waals surface area (Å²) in [5.41, 5.74) is 1.20. The first-order valence-electron chi connectivity index (χ1n) is 6.40. The van der Waals surface area contributed by atoms with E-state index in [2.05, 4.69) is 26.1 Å². The van der Waals surface area contributed by atoms with E-state index in [0.717, 1.165) is 30.9 Å². The minimum Gasteiger partial charge on any atom is -0.468 e. The van der Waals surface area contributed by atoms with Gasteiger partial charge in [-0.05, 0) is 33.3 Å². The van der Waals surface area contributed by atoms with Crippen molar-refractivity contribution < 1.29 is 13.9 Å². The van der Waals surface area contributed by atoms with E-state index in [-0.39, 0.29) is 5.54 Å². The molecule has 0 saturated heterocycles. The zero-order valence-corrected chi connectivity index (χ0v) is 11.9.